The van der Waals surface area contributed by atoms with Crippen molar-refractivity contribution in [1.82, 2.24) is 14.9 Å². The molecule has 1 atom stereocenters. The van der Waals surface area contributed by atoms with E-state index < -0.39 is 11.6 Å². The Balaban J connectivity index is 1.32. The second-order valence-electron chi connectivity index (χ2n) is 7.75. The molecule has 1 aromatic heterocycles. The molecule has 3 aromatic rings. The summed E-state index contributed by atoms with van der Waals surface area (Å²) in [7, 11) is 0. The molecule has 0 spiro atoms. The van der Waals surface area contributed by atoms with Crippen molar-refractivity contribution in [1.29, 1.82) is 0 Å². The van der Waals surface area contributed by atoms with Crippen molar-refractivity contribution in [3.8, 4) is 11.6 Å². The highest BCUT2D eigenvalue weighted by molar-refractivity contribution is 5.78. The molecule has 1 amide bonds. The van der Waals surface area contributed by atoms with E-state index in [1.807, 2.05) is 42.2 Å². The first-order chi connectivity index (χ1) is 16.0. The van der Waals surface area contributed by atoms with Gasteiger partial charge < -0.3 is 19.3 Å². The zero-order valence-corrected chi connectivity index (χ0v) is 18.2. The predicted molar refractivity (Wildman–Crippen MR) is 118 cm³/mol. The van der Waals surface area contributed by atoms with Crippen molar-refractivity contribution in [3.63, 3.8) is 0 Å². The van der Waals surface area contributed by atoms with E-state index >= 15 is 0 Å². The summed E-state index contributed by atoms with van der Waals surface area (Å²) in [6.45, 7) is 4.07. The Bertz CT molecular complexity index is 1100. The molecule has 0 saturated carbocycles. The predicted octanol–water partition coefficient (Wildman–Crippen LogP) is 3.80. The van der Waals surface area contributed by atoms with Gasteiger partial charge in [-0.2, -0.15) is 0 Å². The highest BCUT2D eigenvalue weighted by Crippen LogP contribution is 2.25. The third kappa shape index (κ3) is 5.81. The standard InChI is InChI=1S/C24H24F2N4O3/c1-17-13-29(9-10-30(17)24(31)15-32-14-18-5-3-2-4-6-18)22-12-23(28-16-27-22)33-19-7-8-20(25)21(26)11-19/h2-8,11-12,16-17H,9-10,13-15H2,1H3. The largest absolute Gasteiger partial charge is 0.439 e. The SMILES string of the molecule is CC1CN(c2cc(Oc3ccc(F)c(F)c3)ncn2)CCN1C(=O)COCc1ccccc1. The van der Waals surface area contributed by atoms with Crippen molar-refractivity contribution >= 4 is 11.7 Å². The number of hydrogen-bond acceptors (Lipinski definition) is 6. The van der Waals surface area contributed by atoms with Gasteiger partial charge in [-0.3, -0.25) is 4.79 Å². The number of nitrogens with zero attached hydrogens (tertiary/aromatic N) is 4. The summed E-state index contributed by atoms with van der Waals surface area (Å²) >= 11 is 0. The highest BCUT2D eigenvalue weighted by atomic mass is 19.2. The minimum Gasteiger partial charge on any atom is -0.439 e. The molecular formula is C24H24F2N4O3. The average molecular weight is 454 g/mol. The number of rotatable bonds is 7. The summed E-state index contributed by atoms with van der Waals surface area (Å²) in [5.74, 6) is -1.02. The number of aromatic nitrogens is 2. The average Bonchev–Trinajstić information content (AvgIpc) is 2.82. The lowest BCUT2D eigenvalue weighted by Crippen LogP contribution is -2.55. The van der Waals surface area contributed by atoms with Crippen molar-refractivity contribution < 1.29 is 23.0 Å². The lowest BCUT2D eigenvalue weighted by molar-refractivity contribution is -0.139. The molecular weight excluding hydrogens is 430 g/mol. The van der Waals surface area contributed by atoms with Crippen LogP contribution in [0.2, 0.25) is 0 Å². The molecule has 9 heteroatoms. The Labute approximate surface area is 190 Å². The maximum absolute atomic E-state index is 13.4. The van der Waals surface area contributed by atoms with E-state index in [1.54, 1.807) is 11.0 Å². The zero-order chi connectivity index (χ0) is 23.2. The molecule has 1 fully saturated rings. The summed E-state index contributed by atoms with van der Waals surface area (Å²) in [4.78, 5) is 24.8. The molecule has 0 radical (unpaired) electrons. The van der Waals surface area contributed by atoms with Crippen LogP contribution in [0.5, 0.6) is 11.6 Å². The third-order valence-electron chi connectivity index (χ3n) is 5.35. The number of carbonyl (C=O) groups excluding carboxylic acids is 1. The van der Waals surface area contributed by atoms with Crippen molar-refractivity contribution in [2.24, 2.45) is 0 Å². The van der Waals surface area contributed by atoms with Crippen molar-refractivity contribution in [3.05, 3.63) is 78.1 Å². The molecule has 172 valence electrons. The number of ether oxygens (including phenoxy) is 2. The molecule has 1 aliphatic heterocycles. The number of hydrogen-bond donors (Lipinski definition) is 0. The molecule has 1 unspecified atom stereocenters. The van der Waals surface area contributed by atoms with Gasteiger partial charge >= 0.3 is 0 Å². The van der Waals surface area contributed by atoms with Gasteiger partial charge in [-0.15, -0.1) is 0 Å². The maximum atomic E-state index is 13.4. The van der Waals surface area contributed by atoms with Crippen LogP contribution in [0.15, 0.2) is 60.9 Å². The van der Waals surface area contributed by atoms with Crippen LogP contribution in [0.25, 0.3) is 0 Å². The zero-order valence-electron chi connectivity index (χ0n) is 18.2. The van der Waals surface area contributed by atoms with Crippen LogP contribution < -0.4 is 9.64 Å². The van der Waals surface area contributed by atoms with E-state index in [2.05, 4.69) is 9.97 Å². The molecule has 0 N–H and O–H groups in total. The van der Waals surface area contributed by atoms with E-state index in [9.17, 15) is 13.6 Å². The van der Waals surface area contributed by atoms with E-state index in [0.29, 0.717) is 32.1 Å². The molecule has 1 aliphatic rings. The first-order valence-corrected chi connectivity index (χ1v) is 10.6. The number of anilines is 1. The normalized spacial score (nSPS) is 16.0. The van der Waals surface area contributed by atoms with E-state index in [4.69, 9.17) is 9.47 Å². The van der Waals surface area contributed by atoms with Crippen LogP contribution in [0.4, 0.5) is 14.6 Å². The summed E-state index contributed by atoms with van der Waals surface area (Å²) < 4.78 is 37.7. The first-order valence-electron chi connectivity index (χ1n) is 10.6. The lowest BCUT2D eigenvalue weighted by Gasteiger charge is -2.40. The third-order valence-corrected chi connectivity index (χ3v) is 5.35. The number of halogens is 2. The van der Waals surface area contributed by atoms with E-state index in [0.717, 1.165) is 17.7 Å². The number of benzene rings is 2. The minimum absolute atomic E-state index is 0.0267. The molecule has 0 aliphatic carbocycles. The van der Waals surface area contributed by atoms with Gasteiger partial charge in [-0.05, 0) is 24.6 Å². The fourth-order valence-corrected chi connectivity index (χ4v) is 3.67. The lowest BCUT2D eigenvalue weighted by atomic mass is 10.2. The van der Waals surface area contributed by atoms with Gasteiger partial charge in [0.25, 0.3) is 0 Å². The Morgan fingerprint density at radius 2 is 1.88 bits per heavy atom. The monoisotopic (exact) mass is 454 g/mol. The number of carbonyl (C=O) groups is 1. The van der Waals surface area contributed by atoms with Crippen LogP contribution in [0.3, 0.4) is 0 Å². The first kappa shape index (κ1) is 22.6. The van der Waals surface area contributed by atoms with Crippen molar-refractivity contribution in [2.75, 3.05) is 31.1 Å². The van der Waals surface area contributed by atoms with Crippen LogP contribution in [-0.4, -0.2) is 53.1 Å². The molecule has 2 heterocycles. The van der Waals surface area contributed by atoms with E-state index in [-0.39, 0.29) is 30.2 Å². The molecule has 7 nitrogen and oxygen atoms in total. The van der Waals surface area contributed by atoms with Crippen LogP contribution in [0, 0.1) is 11.6 Å². The fourth-order valence-electron chi connectivity index (χ4n) is 3.67. The molecule has 1 saturated heterocycles. The topological polar surface area (TPSA) is 67.8 Å². The number of piperazine rings is 1. The summed E-state index contributed by atoms with van der Waals surface area (Å²) in [6.07, 6.45) is 1.35. The molecule has 4 rings (SSSR count). The van der Waals surface area contributed by atoms with Gasteiger partial charge in [-0.25, -0.2) is 18.7 Å². The Morgan fingerprint density at radius 3 is 2.64 bits per heavy atom. The summed E-state index contributed by atoms with van der Waals surface area (Å²) in [5, 5.41) is 0. The maximum Gasteiger partial charge on any atom is 0.248 e. The van der Waals surface area contributed by atoms with Gasteiger partial charge in [0.15, 0.2) is 11.6 Å². The smallest absolute Gasteiger partial charge is 0.248 e. The Hall–Kier alpha value is -3.59. The van der Waals surface area contributed by atoms with Gasteiger partial charge in [-0.1, -0.05) is 30.3 Å². The van der Waals surface area contributed by atoms with Crippen molar-refractivity contribution in [2.45, 2.75) is 19.6 Å². The van der Waals surface area contributed by atoms with E-state index in [1.165, 1.54) is 12.4 Å². The van der Waals surface area contributed by atoms with Crippen LogP contribution in [0.1, 0.15) is 12.5 Å². The second kappa shape index (κ2) is 10.4. The fraction of sp³-hybridized carbons (Fsp3) is 0.292. The van der Waals surface area contributed by atoms with Gasteiger partial charge in [0, 0.05) is 37.8 Å². The second-order valence-corrected chi connectivity index (χ2v) is 7.75. The minimum atomic E-state index is -0.996. The summed E-state index contributed by atoms with van der Waals surface area (Å²) in [5.41, 5.74) is 1.02. The molecule has 0 bridgehead atoms. The van der Waals surface area contributed by atoms with Crippen LogP contribution in [-0.2, 0) is 16.1 Å². The van der Waals surface area contributed by atoms with Gasteiger partial charge in [0.2, 0.25) is 11.8 Å². The highest BCUT2D eigenvalue weighted by Gasteiger charge is 2.28. The molecule has 33 heavy (non-hydrogen) atoms. The van der Waals surface area contributed by atoms with Gasteiger partial charge in [0.05, 0.1) is 6.61 Å². The van der Waals surface area contributed by atoms with Crippen LogP contribution >= 0.6 is 0 Å². The quantitative estimate of drug-likeness (QED) is 0.541. The summed E-state index contributed by atoms with van der Waals surface area (Å²) in [6, 6.07) is 14.6. The Morgan fingerprint density at radius 1 is 1.06 bits per heavy atom. The van der Waals surface area contributed by atoms with Gasteiger partial charge in [0.1, 0.15) is 24.5 Å². The molecule has 2 aromatic carbocycles. The Kier molecular flexibility index (Phi) is 7.09. The number of amides is 1.